The van der Waals surface area contributed by atoms with Crippen molar-refractivity contribution in [1.82, 2.24) is 0 Å². The summed E-state index contributed by atoms with van der Waals surface area (Å²) in [4.78, 5) is 27.5. The summed E-state index contributed by atoms with van der Waals surface area (Å²) in [5.41, 5.74) is 8.13. The first kappa shape index (κ1) is 22.6. The van der Waals surface area contributed by atoms with Crippen LogP contribution in [0.1, 0.15) is 62.4 Å². The highest BCUT2D eigenvalue weighted by Gasteiger charge is 2.34. The number of aryl methyl sites for hydroxylation is 3. The number of hydrogen-bond donors (Lipinski definition) is 2. The van der Waals surface area contributed by atoms with Crippen molar-refractivity contribution in [1.29, 1.82) is 0 Å². The van der Waals surface area contributed by atoms with Crippen LogP contribution in [0.15, 0.2) is 78.9 Å². The minimum atomic E-state index is -0.146. The molecule has 0 radical (unpaired) electrons. The maximum absolute atomic E-state index is 13.8. The van der Waals surface area contributed by atoms with Crippen molar-refractivity contribution < 1.29 is 9.59 Å². The number of nitrogens with one attached hydrogen (secondary N) is 2. The molecular weight excluding hydrogens is 432 g/mol. The van der Waals surface area contributed by atoms with Gasteiger partial charge in [-0.2, -0.15) is 0 Å². The van der Waals surface area contributed by atoms with Crippen molar-refractivity contribution in [3.8, 4) is 0 Å². The number of anilines is 4. The Bertz CT molecular complexity index is 1430. The standard InChI is InChI=1S/C31H28N2O2/c1-4-20-7-11-22(12-8-20)32-26-16-17-27(33-23-13-9-21(5-2)10-14-23)29-28(26)30(34)24-15-6-19(3)18-25(24)31(29)35/h6-18,32-33H,4-5H2,1-3H3. The summed E-state index contributed by atoms with van der Waals surface area (Å²) in [6, 6.07) is 25.5. The van der Waals surface area contributed by atoms with Gasteiger partial charge in [-0.05, 0) is 73.4 Å². The van der Waals surface area contributed by atoms with E-state index in [2.05, 4.69) is 48.7 Å². The zero-order valence-corrected chi connectivity index (χ0v) is 20.2. The maximum Gasteiger partial charge on any atom is 0.196 e. The first-order chi connectivity index (χ1) is 17.0. The van der Waals surface area contributed by atoms with E-state index in [0.717, 1.165) is 29.8 Å². The molecule has 2 N–H and O–H groups in total. The lowest BCUT2D eigenvalue weighted by atomic mass is 9.81. The first-order valence-electron chi connectivity index (χ1n) is 12.1. The first-order valence-corrected chi connectivity index (χ1v) is 12.1. The number of rotatable bonds is 6. The van der Waals surface area contributed by atoms with Gasteiger partial charge in [0.1, 0.15) is 0 Å². The molecule has 1 aliphatic carbocycles. The average Bonchev–Trinajstić information content (AvgIpc) is 2.88. The van der Waals surface area contributed by atoms with Crippen LogP contribution in [0.3, 0.4) is 0 Å². The van der Waals surface area contributed by atoms with Gasteiger partial charge in [0.15, 0.2) is 11.6 Å². The van der Waals surface area contributed by atoms with Crippen molar-refractivity contribution in [2.45, 2.75) is 33.6 Å². The second kappa shape index (κ2) is 9.22. The van der Waals surface area contributed by atoms with Gasteiger partial charge in [-0.1, -0.05) is 55.8 Å². The smallest absolute Gasteiger partial charge is 0.196 e. The third-order valence-corrected chi connectivity index (χ3v) is 6.61. The molecule has 0 fully saturated rings. The van der Waals surface area contributed by atoms with Gasteiger partial charge in [0, 0.05) is 22.5 Å². The summed E-state index contributed by atoms with van der Waals surface area (Å²) in [5.74, 6) is -0.289. The van der Waals surface area contributed by atoms with Crippen molar-refractivity contribution in [3.63, 3.8) is 0 Å². The summed E-state index contributed by atoms with van der Waals surface area (Å²) >= 11 is 0. The summed E-state index contributed by atoms with van der Waals surface area (Å²) in [7, 11) is 0. The molecule has 4 heteroatoms. The molecule has 0 bridgehead atoms. The Morgan fingerprint density at radius 2 is 1.03 bits per heavy atom. The van der Waals surface area contributed by atoms with E-state index >= 15 is 0 Å². The molecule has 0 saturated carbocycles. The fourth-order valence-electron chi connectivity index (χ4n) is 4.55. The van der Waals surface area contributed by atoms with E-state index in [9.17, 15) is 9.59 Å². The molecule has 0 amide bonds. The number of fused-ring (bicyclic) bond motifs is 2. The van der Waals surface area contributed by atoms with Crippen molar-refractivity contribution in [2.24, 2.45) is 0 Å². The van der Waals surface area contributed by atoms with Crippen LogP contribution in [-0.2, 0) is 12.8 Å². The van der Waals surface area contributed by atoms with Gasteiger partial charge in [0.2, 0.25) is 0 Å². The number of carbonyl (C=O) groups excluding carboxylic acids is 2. The Morgan fingerprint density at radius 3 is 1.49 bits per heavy atom. The van der Waals surface area contributed by atoms with Crippen LogP contribution in [-0.4, -0.2) is 11.6 Å². The summed E-state index contributed by atoms with van der Waals surface area (Å²) < 4.78 is 0. The van der Waals surface area contributed by atoms with Crippen molar-refractivity contribution >= 4 is 34.3 Å². The number of ketones is 2. The van der Waals surface area contributed by atoms with Gasteiger partial charge in [-0.15, -0.1) is 0 Å². The lowest BCUT2D eigenvalue weighted by Gasteiger charge is -2.24. The Hall–Kier alpha value is -4.18. The van der Waals surface area contributed by atoms with E-state index in [1.165, 1.54) is 11.1 Å². The van der Waals surface area contributed by atoms with E-state index < -0.39 is 0 Å². The topological polar surface area (TPSA) is 58.2 Å². The van der Waals surface area contributed by atoms with Crippen LogP contribution in [0.4, 0.5) is 22.7 Å². The second-order valence-electron chi connectivity index (χ2n) is 8.97. The van der Waals surface area contributed by atoms with Crippen LogP contribution in [0.5, 0.6) is 0 Å². The Kier molecular flexibility index (Phi) is 5.96. The zero-order chi connectivity index (χ0) is 24.5. The minimum Gasteiger partial charge on any atom is -0.355 e. The van der Waals surface area contributed by atoms with Gasteiger partial charge in [-0.3, -0.25) is 9.59 Å². The monoisotopic (exact) mass is 460 g/mol. The molecule has 0 saturated heterocycles. The molecule has 0 spiro atoms. The van der Waals surface area contributed by atoms with Gasteiger partial charge in [-0.25, -0.2) is 0 Å². The second-order valence-corrected chi connectivity index (χ2v) is 8.97. The molecular formula is C31H28N2O2. The molecule has 4 nitrogen and oxygen atoms in total. The molecule has 1 aliphatic rings. The molecule has 174 valence electrons. The fourth-order valence-corrected chi connectivity index (χ4v) is 4.55. The van der Waals surface area contributed by atoms with Gasteiger partial charge in [0.05, 0.1) is 22.5 Å². The van der Waals surface area contributed by atoms with E-state index in [-0.39, 0.29) is 11.6 Å². The van der Waals surface area contributed by atoms with E-state index in [0.29, 0.717) is 33.6 Å². The van der Waals surface area contributed by atoms with Crippen LogP contribution in [0.25, 0.3) is 0 Å². The highest BCUT2D eigenvalue weighted by Crippen LogP contribution is 2.39. The highest BCUT2D eigenvalue weighted by molar-refractivity contribution is 6.32. The van der Waals surface area contributed by atoms with Crippen LogP contribution in [0.2, 0.25) is 0 Å². The Balaban J connectivity index is 1.62. The Labute approximate surface area is 206 Å². The number of benzene rings is 4. The third kappa shape index (κ3) is 4.24. The van der Waals surface area contributed by atoms with Crippen LogP contribution >= 0.6 is 0 Å². The lowest BCUT2D eigenvalue weighted by molar-refractivity contribution is 0.0980. The Morgan fingerprint density at radius 1 is 0.571 bits per heavy atom. The summed E-state index contributed by atoms with van der Waals surface area (Å²) in [6.07, 6.45) is 1.91. The van der Waals surface area contributed by atoms with Crippen LogP contribution in [0, 0.1) is 6.92 Å². The van der Waals surface area contributed by atoms with Crippen molar-refractivity contribution in [3.05, 3.63) is 118 Å². The van der Waals surface area contributed by atoms with Crippen LogP contribution < -0.4 is 10.6 Å². The zero-order valence-electron chi connectivity index (χ0n) is 20.2. The lowest BCUT2D eigenvalue weighted by Crippen LogP contribution is -2.23. The van der Waals surface area contributed by atoms with Gasteiger partial charge >= 0.3 is 0 Å². The quantitative estimate of drug-likeness (QED) is 0.277. The molecule has 4 aromatic rings. The van der Waals surface area contributed by atoms with E-state index in [1.807, 2.05) is 55.5 Å². The average molecular weight is 461 g/mol. The van der Waals surface area contributed by atoms with E-state index in [4.69, 9.17) is 0 Å². The van der Waals surface area contributed by atoms with E-state index in [1.54, 1.807) is 6.07 Å². The maximum atomic E-state index is 13.8. The molecule has 4 aromatic carbocycles. The largest absolute Gasteiger partial charge is 0.355 e. The molecule has 35 heavy (non-hydrogen) atoms. The highest BCUT2D eigenvalue weighted by atomic mass is 16.1. The fraction of sp³-hybridized carbons (Fsp3) is 0.161. The third-order valence-electron chi connectivity index (χ3n) is 6.61. The van der Waals surface area contributed by atoms with Gasteiger partial charge < -0.3 is 10.6 Å². The van der Waals surface area contributed by atoms with Gasteiger partial charge in [0.25, 0.3) is 0 Å². The molecule has 0 unspecified atom stereocenters. The predicted octanol–water partition coefficient (Wildman–Crippen LogP) is 7.38. The molecule has 0 aliphatic heterocycles. The summed E-state index contributed by atoms with van der Waals surface area (Å²) in [5, 5.41) is 6.77. The molecule has 0 atom stereocenters. The number of carbonyl (C=O) groups is 2. The predicted molar refractivity (Wildman–Crippen MR) is 143 cm³/mol. The molecule has 0 aromatic heterocycles. The number of hydrogen-bond acceptors (Lipinski definition) is 4. The van der Waals surface area contributed by atoms with Crippen molar-refractivity contribution in [2.75, 3.05) is 10.6 Å². The molecule has 5 rings (SSSR count). The molecule has 0 heterocycles. The SMILES string of the molecule is CCc1ccc(Nc2ccc(Nc3ccc(CC)cc3)c3c2C(=O)c2ccc(C)cc2C3=O)cc1. The normalized spacial score (nSPS) is 12.2. The minimum absolute atomic E-state index is 0.143. The summed E-state index contributed by atoms with van der Waals surface area (Å²) in [6.45, 7) is 6.16.